The molecule has 1 atom stereocenters. The second-order valence-corrected chi connectivity index (χ2v) is 5.83. The smallest absolute Gasteiger partial charge is 0.0585 e. The molecule has 0 aromatic heterocycles. The molecule has 110 valence electrons. The quantitative estimate of drug-likeness (QED) is 0.559. The summed E-state index contributed by atoms with van der Waals surface area (Å²) in [4.78, 5) is 2.53. The van der Waals surface area contributed by atoms with E-state index in [0.717, 1.165) is 13.0 Å². The Labute approximate surface area is 114 Å². The van der Waals surface area contributed by atoms with E-state index >= 15 is 0 Å². The van der Waals surface area contributed by atoms with Crippen LogP contribution in [0.15, 0.2) is 0 Å². The molecule has 0 aliphatic carbocycles. The average Bonchev–Trinajstić information content (AvgIpc) is 2.30. The van der Waals surface area contributed by atoms with E-state index in [0.29, 0.717) is 12.1 Å². The fourth-order valence-corrected chi connectivity index (χ4v) is 2.21. The van der Waals surface area contributed by atoms with Crippen LogP contribution in [0, 0.1) is 0 Å². The molecule has 0 saturated carbocycles. The van der Waals surface area contributed by atoms with Gasteiger partial charge in [0.05, 0.1) is 6.61 Å². The molecule has 0 saturated heterocycles. The van der Waals surface area contributed by atoms with E-state index in [2.05, 4.69) is 44.8 Å². The molecule has 0 rings (SSSR count). The number of aliphatic hydroxyl groups excluding tert-OH is 1. The predicted molar refractivity (Wildman–Crippen MR) is 80.0 cm³/mol. The Balaban J connectivity index is 3.99. The summed E-state index contributed by atoms with van der Waals surface area (Å²) in [6.45, 7) is 13.5. The van der Waals surface area contributed by atoms with E-state index in [9.17, 15) is 5.11 Å². The molecule has 3 nitrogen and oxygen atoms in total. The van der Waals surface area contributed by atoms with Crippen LogP contribution in [-0.4, -0.2) is 47.8 Å². The van der Waals surface area contributed by atoms with Crippen molar-refractivity contribution in [3.8, 4) is 0 Å². The maximum Gasteiger partial charge on any atom is 0.0585 e. The zero-order chi connectivity index (χ0) is 14.0. The summed E-state index contributed by atoms with van der Waals surface area (Å²) in [6, 6.07) is 1.27. The zero-order valence-electron chi connectivity index (χ0n) is 13.1. The summed E-state index contributed by atoms with van der Waals surface area (Å²) in [6.07, 6.45) is 4.91. The molecule has 0 spiro atoms. The summed E-state index contributed by atoms with van der Waals surface area (Å²) in [5.74, 6) is 0. The number of nitrogens with one attached hydrogen (secondary N) is 1. The van der Waals surface area contributed by atoms with Crippen LogP contribution in [0.3, 0.4) is 0 Å². The van der Waals surface area contributed by atoms with Gasteiger partial charge in [0.1, 0.15) is 0 Å². The molecular formula is C15H34N2O. The van der Waals surface area contributed by atoms with Gasteiger partial charge in [-0.15, -0.1) is 0 Å². The molecule has 18 heavy (non-hydrogen) atoms. The van der Waals surface area contributed by atoms with E-state index in [1.54, 1.807) is 0 Å². The molecule has 0 amide bonds. The molecule has 0 aliphatic rings. The Bertz CT molecular complexity index is 183. The maximum atomic E-state index is 9.36. The van der Waals surface area contributed by atoms with E-state index in [4.69, 9.17) is 0 Å². The van der Waals surface area contributed by atoms with Crippen LogP contribution in [0.2, 0.25) is 0 Å². The minimum Gasteiger partial charge on any atom is -0.395 e. The van der Waals surface area contributed by atoms with Crippen LogP contribution in [-0.2, 0) is 0 Å². The fourth-order valence-electron chi connectivity index (χ4n) is 2.21. The minimum absolute atomic E-state index is 0.234. The highest BCUT2D eigenvalue weighted by molar-refractivity contribution is 4.72. The topological polar surface area (TPSA) is 35.5 Å². The lowest BCUT2D eigenvalue weighted by Gasteiger charge is -2.29. The molecule has 0 aliphatic heterocycles. The Hall–Kier alpha value is -0.120. The van der Waals surface area contributed by atoms with E-state index in [1.807, 2.05) is 0 Å². The van der Waals surface area contributed by atoms with Crippen molar-refractivity contribution in [1.29, 1.82) is 0 Å². The van der Waals surface area contributed by atoms with Crippen molar-refractivity contribution < 1.29 is 5.11 Å². The summed E-state index contributed by atoms with van der Waals surface area (Å²) >= 11 is 0. The Morgan fingerprint density at radius 1 is 1.06 bits per heavy atom. The van der Waals surface area contributed by atoms with E-state index in [-0.39, 0.29) is 12.6 Å². The SMILES string of the molecule is CCCCCN(CCC(CO)NC(C)C)C(C)C. The first-order valence-electron chi connectivity index (χ1n) is 7.62. The van der Waals surface area contributed by atoms with Crippen LogP contribution < -0.4 is 5.32 Å². The Kier molecular flexibility index (Phi) is 10.7. The van der Waals surface area contributed by atoms with Gasteiger partial charge < -0.3 is 15.3 Å². The van der Waals surface area contributed by atoms with Gasteiger partial charge in [-0.25, -0.2) is 0 Å². The number of nitrogens with zero attached hydrogens (tertiary/aromatic N) is 1. The highest BCUT2D eigenvalue weighted by Crippen LogP contribution is 2.06. The third kappa shape index (κ3) is 8.90. The maximum absolute atomic E-state index is 9.36. The first-order valence-corrected chi connectivity index (χ1v) is 7.62. The van der Waals surface area contributed by atoms with Crippen molar-refractivity contribution in [2.24, 2.45) is 0 Å². The molecule has 0 bridgehead atoms. The highest BCUT2D eigenvalue weighted by atomic mass is 16.3. The molecule has 0 aromatic rings. The van der Waals surface area contributed by atoms with Crippen molar-refractivity contribution in [2.75, 3.05) is 19.7 Å². The summed E-state index contributed by atoms with van der Waals surface area (Å²) in [5.41, 5.74) is 0. The van der Waals surface area contributed by atoms with Crippen LogP contribution in [0.5, 0.6) is 0 Å². The number of unbranched alkanes of at least 4 members (excludes halogenated alkanes) is 2. The van der Waals surface area contributed by atoms with Gasteiger partial charge in [0, 0.05) is 18.1 Å². The van der Waals surface area contributed by atoms with Crippen LogP contribution >= 0.6 is 0 Å². The monoisotopic (exact) mass is 258 g/mol. The standard InChI is InChI=1S/C15H34N2O/c1-6-7-8-10-17(14(4)5)11-9-15(12-18)16-13(2)3/h13-16,18H,6-12H2,1-5H3. The summed E-state index contributed by atoms with van der Waals surface area (Å²) in [5, 5.41) is 12.8. The third-order valence-corrected chi connectivity index (χ3v) is 3.33. The first kappa shape index (κ1) is 17.9. The first-order chi connectivity index (χ1) is 8.51. The zero-order valence-corrected chi connectivity index (χ0v) is 13.1. The molecule has 0 aromatic carbocycles. The molecule has 0 radical (unpaired) electrons. The number of rotatable bonds is 11. The molecule has 0 fully saturated rings. The van der Waals surface area contributed by atoms with Gasteiger partial charge in [-0.05, 0) is 39.8 Å². The summed E-state index contributed by atoms with van der Waals surface area (Å²) < 4.78 is 0. The number of aliphatic hydroxyl groups is 1. The lowest BCUT2D eigenvalue weighted by Crippen LogP contribution is -2.41. The van der Waals surface area contributed by atoms with Gasteiger partial charge in [-0.1, -0.05) is 33.6 Å². The van der Waals surface area contributed by atoms with Crippen LogP contribution in [0.4, 0.5) is 0 Å². The molecule has 3 heteroatoms. The minimum atomic E-state index is 0.234. The second kappa shape index (κ2) is 10.8. The van der Waals surface area contributed by atoms with Gasteiger partial charge in [0.2, 0.25) is 0 Å². The van der Waals surface area contributed by atoms with E-state index < -0.39 is 0 Å². The predicted octanol–water partition coefficient (Wildman–Crippen LogP) is 2.64. The van der Waals surface area contributed by atoms with Crippen LogP contribution in [0.1, 0.15) is 60.3 Å². The normalized spacial score (nSPS) is 13.8. The van der Waals surface area contributed by atoms with Gasteiger partial charge >= 0.3 is 0 Å². The van der Waals surface area contributed by atoms with E-state index in [1.165, 1.54) is 25.8 Å². The highest BCUT2D eigenvalue weighted by Gasteiger charge is 2.13. The lowest BCUT2D eigenvalue weighted by molar-refractivity contribution is 0.177. The van der Waals surface area contributed by atoms with Crippen molar-refractivity contribution in [3.63, 3.8) is 0 Å². The van der Waals surface area contributed by atoms with Crippen molar-refractivity contribution in [2.45, 2.75) is 78.4 Å². The lowest BCUT2D eigenvalue weighted by atomic mass is 10.1. The number of hydrogen-bond acceptors (Lipinski definition) is 3. The average molecular weight is 258 g/mol. The van der Waals surface area contributed by atoms with Crippen molar-refractivity contribution in [3.05, 3.63) is 0 Å². The van der Waals surface area contributed by atoms with Crippen molar-refractivity contribution in [1.82, 2.24) is 10.2 Å². The summed E-state index contributed by atoms with van der Waals surface area (Å²) in [7, 11) is 0. The second-order valence-electron chi connectivity index (χ2n) is 5.83. The fraction of sp³-hybridized carbons (Fsp3) is 1.00. The van der Waals surface area contributed by atoms with Gasteiger partial charge in [-0.3, -0.25) is 0 Å². The Morgan fingerprint density at radius 2 is 1.72 bits per heavy atom. The van der Waals surface area contributed by atoms with Gasteiger partial charge in [-0.2, -0.15) is 0 Å². The third-order valence-electron chi connectivity index (χ3n) is 3.33. The molecule has 2 N–H and O–H groups in total. The largest absolute Gasteiger partial charge is 0.395 e. The Morgan fingerprint density at radius 3 is 2.17 bits per heavy atom. The molecule has 1 unspecified atom stereocenters. The number of hydrogen-bond donors (Lipinski definition) is 2. The van der Waals surface area contributed by atoms with Gasteiger partial charge in [0.25, 0.3) is 0 Å². The van der Waals surface area contributed by atoms with Gasteiger partial charge in [0.15, 0.2) is 0 Å². The molecular weight excluding hydrogens is 224 g/mol. The van der Waals surface area contributed by atoms with Crippen molar-refractivity contribution >= 4 is 0 Å². The molecule has 0 heterocycles. The van der Waals surface area contributed by atoms with Crippen LogP contribution in [0.25, 0.3) is 0 Å².